The van der Waals surface area contributed by atoms with Gasteiger partial charge in [-0.1, -0.05) is 18.2 Å². The van der Waals surface area contributed by atoms with Gasteiger partial charge in [-0.2, -0.15) is 5.10 Å². The Morgan fingerprint density at radius 1 is 1.37 bits per heavy atom. The highest BCUT2D eigenvalue weighted by molar-refractivity contribution is 5.94. The topological polar surface area (TPSA) is 86.3 Å². The Morgan fingerprint density at radius 2 is 2.16 bits per heavy atom. The number of aromatic amines is 1. The van der Waals surface area contributed by atoms with E-state index in [4.69, 9.17) is 0 Å². The minimum atomic E-state index is -1.15. The molecule has 0 spiro atoms. The lowest BCUT2D eigenvalue weighted by Crippen LogP contribution is -2.22. The van der Waals surface area contributed by atoms with E-state index in [0.29, 0.717) is 6.54 Å². The number of carboxylic acids is 1. The van der Waals surface area contributed by atoms with Crippen LogP contribution in [0.3, 0.4) is 0 Å². The molecular formula is C13H11N3O3. The molecule has 0 fully saturated rings. The lowest BCUT2D eigenvalue weighted by molar-refractivity contribution is 0.0697. The number of benzene rings is 1. The number of H-pyrrole nitrogens is 1. The van der Waals surface area contributed by atoms with Gasteiger partial charge < -0.3 is 10.0 Å². The molecule has 0 amide bonds. The molecule has 2 aromatic rings. The van der Waals surface area contributed by atoms with Crippen molar-refractivity contribution in [2.24, 2.45) is 0 Å². The molecule has 96 valence electrons. The molecule has 0 radical (unpaired) electrons. The van der Waals surface area contributed by atoms with Crippen LogP contribution < -0.4 is 10.5 Å². The first-order chi connectivity index (χ1) is 9.16. The number of carboxylic acid groups (broad SMARTS) is 1. The fourth-order valence-corrected chi connectivity index (χ4v) is 2.32. The summed E-state index contributed by atoms with van der Waals surface area (Å²) in [6.45, 7) is 0.651. The van der Waals surface area contributed by atoms with E-state index in [1.807, 2.05) is 29.2 Å². The van der Waals surface area contributed by atoms with Gasteiger partial charge in [0.05, 0.1) is 0 Å². The summed E-state index contributed by atoms with van der Waals surface area (Å²) in [4.78, 5) is 24.2. The smallest absolute Gasteiger partial charge is 0.339 e. The third-order valence-corrected chi connectivity index (χ3v) is 3.16. The Bertz CT molecular complexity index is 708. The maximum atomic E-state index is 11.2. The monoisotopic (exact) mass is 257 g/mol. The lowest BCUT2D eigenvalue weighted by atomic mass is 10.2. The van der Waals surface area contributed by atoms with Crippen LogP contribution in [0.5, 0.6) is 0 Å². The van der Waals surface area contributed by atoms with Gasteiger partial charge >= 0.3 is 5.97 Å². The highest BCUT2D eigenvalue weighted by Gasteiger charge is 2.25. The van der Waals surface area contributed by atoms with Crippen molar-refractivity contribution in [2.75, 3.05) is 11.4 Å². The molecule has 0 bridgehead atoms. The predicted octanol–water partition coefficient (Wildman–Crippen LogP) is 1.16. The maximum absolute atomic E-state index is 11.2. The Labute approximate surface area is 108 Å². The molecular weight excluding hydrogens is 246 g/mol. The van der Waals surface area contributed by atoms with E-state index < -0.39 is 11.5 Å². The molecule has 2 heterocycles. The number of nitrogens with zero attached hydrogens (tertiary/aromatic N) is 2. The van der Waals surface area contributed by atoms with E-state index in [-0.39, 0.29) is 11.4 Å². The van der Waals surface area contributed by atoms with Crippen molar-refractivity contribution in [2.45, 2.75) is 6.42 Å². The number of aromatic nitrogens is 2. The van der Waals surface area contributed by atoms with E-state index in [2.05, 4.69) is 10.2 Å². The number of fused-ring (bicyclic) bond motifs is 1. The Kier molecular flexibility index (Phi) is 2.56. The first-order valence-electron chi connectivity index (χ1n) is 5.85. The van der Waals surface area contributed by atoms with Crippen molar-refractivity contribution in [3.05, 3.63) is 51.8 Å². The van der Waals surface area contributed by atoms with Crippen molar-refractivity contribution in [1.82, 2.24) is 10.2 Å². The zero-order valence-corrected chi connectivity index (χ0v) is 9.96. The van der Waals surface area contributed by atoms with Gasteiger partial charge in [-0.25, -0.2) is 9.89 Å². The number of para-hydroxylation sites is 1. The molecule has 2 N–H and O–H groups in total. The average molecular weight is 257 g/mol. The number of nitrogens with one attached hydrogen (secondary N) is 1. The summed E-state index contributed by atoms with van der Waals surface area (Å²) in [7, 11) is 0. The highest BCUT2D eigenvalue weighted by atomic mass is 16.4. The molecule has 3 rings (SSSR count). The largest absolute Gasteiger partial charge is 0.478 e. The number of anilines is 2. The fraction of sp³-hybridized carbons (Fsp3) is 0.154. The Morgan fingerprint density at radius 3 is 2.95 bits per heavy atom. The molecule has 19 heavy (non-hydrogen) atoms. The summed E-state index contributed by atoms with van der Waals surface area (Å²) in [6.07, 6.45) is 0.829. The molecule has 0 unspecified atom stereocenters. The fourth-order valence-electron chi connectivity index (χ4n) is 2.32. The van der Waals surface area contributed by atoms with E-state index in [1.165, 1.54) is 0 Å². The summed E-state index contributed by atoms with van der Waals surface area (Å²) in [5.74, 6) is -0.880. The Hall–Kier alpha value is -2.63. The molecule has 6 heteroatoms. The van der Waals surface area contributed by atoms with Gasteiger partial charge in [0.15, 0.2) is 5.82 Å². The van der Waals surface area contributed by atoms with Gasteiger partial charge in [-0.3, -0.25) is 4.79 Å². The maximum Gasteiger partial charge on any atom is 0.339 e. The van der Waals surface area contributed by atoms with Crippen LogP contribution in [0.2, 0.25) is 0 Å². The molecule has 0 atom stereocenters. The van der Waals surface area contributed by atoms with Crippen molar-refractivity contribution in [3.8, 4) is 0 Å². The summed E-state index contributed by atoms with van der Waals surface area (Å²) >= 11 is 0. The predicted molar refractivity (Wildman–Crippen MR) is 69.0 cm³/mol. The average Bonchev–Trinajstić information content (AvgIpc) is 2.82. The normalized spacial score (nSPS) is 13.4. The van der Waals surface area contributed by atoms with Gasteiger partial charge in [-0.15, -0.1) is 0 Å². The summed E-state index contributed by atoms with van der Waals surface area (Å²) < 4.78 is 0. The van der Waals surface area contributed by atoms with Crippen LogP contribution in [0.25, 0.3) is 0 Å². The van der Waals surface area contributed by atoms with Gasteiger partial charge in [0.25, 0.3) is 5.56 Å². The Balaban J connectivity index is 2.14. The SMILES string of the molecule is O=C(O)c1cc(=O)[nH]nc1N1CCc2ccccc21. The second kappa shape index (κ2) is 4.24. The summed E-state index contributed by atoms with van der Waals surface area (Å²) in [5.41, 5.74) is 1.48. The number of rotatable bonds is 2. The standard InChI is InChI=1S/C13H11N3O3/c17-11-7-9(13(18)19)12(15-14-11)16-6-5-8-3-1-2-4-10(8)16/h1-4,7H,5-6H2,(H,14,17)(H,18,19). The van der Waals surface area contributed by atoms with Gasteiger partial charge in [0.1, 0.15) is 5.56 Å². The number of aromatic carboxylic acids is 1. The minimum absolute atomic E-state index is 0.0829. The van der Waals surface area contributed by atoms with Crippen molar-refractivity contribution in [3.63, 3.8) is 0 Å². The lowest BCUT2D eigenvalue weighted by Gasteiger charge is -2.19. The van der Waals surface area contributed by atoms with Crippen LogP contribution in [0, 0.1) is 0 Å². The zero-order valence-electron chi connectivity index (χ0n) is 9.96. The van der Waals surface area contributed by atoms with E-state index in [1.54, 1.807) is 0 Å². The van der Waals surface area contributed by atoms with Crippen LogP contribution >= 0.6 is 0 Å². The second-order valence-electron chi connectivity index (χ2n) is 4.30. The van der Waals surface area contributed by atoms with Crippen LogP contribution in [-0.4, -0.2) is 27.8 Å². The first-order valence-corrected chi connectivity index (χ1v) is 5.85. The molecule has 1 aromatic heterocycles. The quantitative estimate of drug-likeness (QED) is 0.843. The van der Waals surface area contributed by atoms with Gasteiger partial charge in [0.2, 0.25) is 0 Å². The van der Waals surface area contributed by atoms with Crippen molar-refractivity contribution < 1.29 is 9.90 Å². The highest BCUT2D eigenvalue weighted by Crippen LogP contribution is 2.34. The van der Waals surface area contributed by atoms with Crippen LogP contribution in [0.1, 0.15) is 15.9 Å². The molecule has 0 saturated carbocycles. The van der Waals surface area contributed by atoms with E-state index in [0.717, 1.165) is 23.7 Å². The molecule has 6 nitrogen and oxygen atoms in total. The molecule has 1 aromatic carbocycles. The third-order valence-electron chi connectivity index (χ3n) is 3.16. The van der Waals surface area contributed by atoms with Crippen LogP contribution in [-0.2, 0) is 6.42 Å². The summed E-state index contributed by atoms with van der Waals surface area (Å²) in [6, 6.07) is 8.82. The minimum Gasteiger partial charge on any atom is -0.478 e. The van der Waals surface area contributed by atoms with Crippen LogP contribution in [0.15, 0.2) is 35.1 Å². The molecule has 1 aliphatic heterocycles. The van der Waals surface area contributed by atoms with Gasteiger partial charge in [0, 0.05) is 18.3 Å². The van der Waals surface area contributed by atoms with E-state index >= 15 is 0 Å². The number of carbonyl (C=O) groups is 1. The first kappa shape index (κ1) is 11.5. The number of hydrogen-bond acceptors (Lipinski definition) is 4. The van der Waals surface area contributed by atoms with Crippen molar-refractivity contribution in [1.29, 1.82) is 0 Å². The molecule has 1 aliphatic rings. The summed E-state index contributed by atoms with van der Waals surface area (Å²) in [5, 5.41) is 15.4. The van der Waals surface area contributed by atoms with Gasteiger partial charge in [-0.05, 0) is 18.1 Å². The second-order valence-corrected chi connectivity index (χ2v) is 4.30. The van der Waals surface area contributed by atoms with Crippen LogP contribution in [0.4, 0.5) is 11.5 Å². The number of hydrogen-bond donors (Lipinski definition) is 2. The molecule has 0 saturated heterocycles. The van der Waals surface area contributed by atoms with E-state index in [9.17, 15) is 14.7 Å². The third kappa shape index (κ3) is 1.87. The molecule has 0 aliphatic carbocycles. The van der Waals surface area contributed by atoms with Crippen molar-refractivity contribution >= 4 is 17.5 Å². The zero-order chi connectivity index (χ0) is 13.4.